The molecule has 1 aromatic carbocycles. The van der Waals surface area contributed by atoms with E-state index in [0.717, 1.165) is 44.5 Å². The second-order valence-electron chi connectivity index (χ2n) is 6.97. The van der Waals surface area contributed by atoms with Gasteiger partial charge in [-0.2, -0.15) is 0 Å². The molecule has 1 saturated heterocycles. The summed E-state index contributed by atoms with van der Waals surface area (Å²) in [5, 5.41) is 3.24. The zero-order valence-electron chi connectivity index (χ0n) is 14.5. The summed E-state index contributed by atoms with van der Waals surface area (Å²) in [5.74, 6) is 0.973. The summed E-state index contributed by atoms with van der Waals surface area (Å²) in [7, 11) is 2.00. The monoisotopic (exact) mass is 302 g/mol. The Morgan fingerprint density at radius 2 is 1.82 bits per heavy atom. The smallest absolute Gasteiger partial charge is 0.232 e. The van der Waals surface area contributed by atoms with Crippen LogP contribution in [0.3, 0.4) is 0 Å². The molecule has 1 aromatic rings. The summed E-state index contributed by atoms with van der Waals surface area (Å²) in [6.45, 7) is 9.10. The SMILES string of the molecule is CCc1ccc(C(C)(C)C(=O)N2CCC(CNC)CC2)cc1. The van der Waals surface area contributed by atoms with E-state index in [4.69, 9.17) is 0 Å². The Hall–Kier alpha value is -1.35. The third kappa shape index (κ3) is 3.70. The lowest BCUT2D eigenvalue weighted by molar-refractivity contribution is -0.137. The van der Waals surface area contributed by atoms with Crippen molar-refractivity contribution in [1.29, 1.82) is 0 Å². The third-order valence-corrected chi connectivity index (χ3v) is 5.01. The zero-order chi connectivity index (χ0) is 16.2. The number of likely N-dealkylation sites (tertiary alicyclic amines) is 1. The van der Waals surface area contributed by atoms with Crippen LogP contribution in [-0.2, 0) is 16.6 Å². The van der Waals surface area contributed by atoms with Crippen molar-refractivity contribution in [2.75, 3.05) is 26.7 Å². The van der Waals surface area contributed by atoms with E-state index in [-0.39, 0.29) is 5.91 Å². The van der Waals surface area contributed by atoms with Crippen molar-refractivity contribution in [3.05, 3.63) is 35.4 Å². The lowest BCUT2D eigenvalue weighted by Crippen LogP contribution is -2.47. The molecule has 1 amide bonds. The van der Waals surface area contributed by atoms with E-state index < -0.39 is 5.41 Å². The summed E-state index contributed by atoms with van der Waals surface area (Å²) in [5.41, 5.74) is 1.99. The van der Waals surface area contributed by atoms with Gasteiger partial charge in [0.25, 0.3) is 0 Å². The molecular weight excluding hydrogens is 272 g/mol. The summed E-state index contributed by atoms with van der Waals surface area (Å²) in [6.07, 6.45) is 3.25. The molecule has 3 nitrogen and oxygen atoms in total. The Bertz CT molecular complexity index is 485. The number of amides is 1. The lowest BCUT2D eigenvalue weighted by Gasteiger charge is -2.37. The maximum Gasteiger partial charge on any atom is 0.232 e. The molecule has 0 bridgehead atoms. The van der Waals surface area contributed by atoms with Gasteiger partial charge in [-0.25, -0.2) is 0 Å². The van der Waals surface area contributed by atoms with Gasteiger partial charge in [0.1, 0.15) is 0 Å². The van der Waals surface area contributed by atoms with E-state index in [1.54, 1.807) is 0 Å². The molecule has 0 aromatic heterocycles. The van der Waals surface area contributed by atoms with Gasteiger partial charge < -0.3 is 10.2 Å². The predicted octanol–water partition coefficient (Wildman–Crippen LogP) is 2.98. The molecule has 0 atom stereocenters. The van der Waals surface area contributed by atoms with Crippen LogP contribution in [0.25, 0.3) is 0 Å². The fourth-order valence-electron chi connectivity index (χ4n) is 3.30. The maximum atomic E-state index is 12.9. The van der Waals surface area contributed by atoms with Gasteiger partial charge in [0.05, 0.1) is 5.41 Å². The molecule has 0 spiro atoms. The largest absolute Gasteiger partial charge is 0.342 e. The number of aryl methyl sites for hydroxylation is 1. The maximum absolute atomic E-state index is 12.9. The van der Waals surface area contributed by atoms with E-state index in [9.17, 15) is 4.79 Å². The molecule has 0 saturated carbocycles. The first kappa shape index (κ1) is 17.0. The summed E-state index contributed by atoms with van der Waals surface area (Å²) >= 11 is 0. The molecule has 22 heavy (non-hydrogen) atoms. The minimum atomic E-state index is -0.442. The van der Waals surface area contributed by atoms with E-state index in [1.807, 2.05) is 7.05 Å². The van der Waals surface area contributed by atoms with Crippen molar-refractivity contribution in [2.45, 2.75) is 45.4 Å². The van der Waals surface area contributed by atoms with Crippen molar-refractivity contribution < 1.29 is 4.79 Å². The fraction of sp³-hybridized carbons (Fsp3) is 0.632. The fourth-order valence-corrected chi connectivity index (χ4v) is 3.30. The van der Waals surface area contributed by atoms with Crippen LogP contribution >= 0.6 is 0 Å². The second-order valence-corrected chi connectivity index (χ2v) is 6.97. The molecule has 1 aliphatic rings. The lowest BCUT2D eigenvalue weighted by atomic mass is 9.82. The average Bonchev–Trinajstić information content (AvgIpc) is 2.55. The Morgan fingerprint density at radius 1 is 1.23 bits per heavy atom. The number of nitrogens with zero attached hydrogens (tertiary/aromatic N) is 1. The molecule has 0 aliphatic carbocycles. The van der Waals surface area contributed by atoms with E-state index in [0.29, 0.717) is 5.92 Å². The Labute approximate surface area is 135 Å². The Morgan fingerprint density at radius 3 is 2.32 bits per heavy atom. The Kier molecular flexibility index (Phi) is 5.63. The van der Waals surface area contributed by atoms with E-state index in [2.05, 4.69) is 55.3 Å². The van der Waals surface area contributed by atoms with Gasteiger partial charge in [-0.1, -0.05) is 31.2 Å². The quantitative estimate of drug-likeness (QED) is 0.907. The van der Waals surface area contributed by atoms with Crippen molar-refractivity contribution in [2.24, 2.45) is 5.92 Å². The molecule has 1 fully saturated rings. The first-order valence-electron chi connectivity index (χ1n) is 8.52. The minimum Gasteiger partial charge on any atom is -0.342 e. The van der Waals surface area contributed by atoms with Crippen molar-refractivity contribution in [3.63, 3.8) is 0 Å². The van der Waals surface area contributed by atoms with Crippen LogP contribution in [0.4, 0.5) is 0 Å². The van der Waals surface area contributed by atoms with Crippen LogP contribution < -0.4 is 5.32 Å². The summed E-state index contributed by atoms with van der Waals surface area (Å²) in [4.78, 5) is 15.0. The highest BCUT2D eigenvalue weighted by Crippen LogP contribution is 2.28. The van der Waals surface area contributed by atoms with Crippen LogP contribution in [0.15, 0.2) is 24.3 Å². The van der Waals surface area contributed by atoms with Crippen molar-refractivity contribution in [1.82, 2.24) is 10.2 Å². The van der Waals surface area contributed by atoms with Crippen LogP contribution in [0.1, 0.15) is 44.7 Å². The number of benzene rings is 1. The van der Waals surface area contributed by atoms with Gasteiger partial charge >= 0.3 is 0 Å². The summed E-state index contributed by atoms with van der Waals surface area (Å²) in [6, 6.07) is 8.52. The predicted molar refractivity (Wildman–Crippen MR) is 92.1 cm³/mol. The first-order valence-corrected chi connectivity index (χ1v) is 8.52. The Balaban J connectivity index is 2.03. The van der Waals surface area contributed by atoms with Crippen LogP contribution in [-0.4, -0.2) is 37.5 Å². The topological polar surface area (TPSA) is 32.3 Å². The van der Waals surface area contributed by atoms with Crippen LogP contribution in [0, 0.1) is 5.92 Å². The van der Waals surface area contributed by atoms with Crippen molar-refractivity contribution >= 4 is 5.91 Å². The van der Waals surface area contributed by atoms with E-state index >= 15 is 0 Å². The summed E-state index contributed by atoms with van der Waals surface area (Å²) < 4.78 is 0. The number of nitrogens with one attached hydrogen (secondary N) is 1. The normalized spacial score (nSPS) is 16.8. The average molecular weight is 302 g/mol. The highest BCUT2D eigenvalue weighted by Gasteiger charge is 2.35. The third-order valence-electron chi connectivity index (χ3n) is 5.01. The number of hydrogen-bond donors (Lipinski definition) is 1. The van der Waals surface area contributed by atoms with Gasteiger partial charge in [-0.05, 0) is 63.7 Å². The van der Waals surface area contributed by atoms with E-state index in [1.165, 1.54) is 5.56 Å². The molecule has 1 aliphatic heterocycles. The van der Waals surface area contributed by atoms with Gasteiger partial charge in [-0.3, -0.25) is 4.79 Å². The molecule has 122 valence electrons. The number of hydrogen-bond acceptors (Lipinski definition) is 2. The molecule has 0 radical (unpaired) electrons. The standard InChI is InChI=1S/C19H30N2O/c1-5-15-6-8-17(9-7-15)19(2,3)18(22)21-12-10-16(11-13-21)14-20-4/h6-9,16,20H,5,10-14H2,1-4H3. The second kappa shape index (κ2) is 7.28. The highest BCUT2D eigenvalue weighted by molar-refractivity contribution is 5.87. The van der Waals surface area contributed by atoms with Gasteiger partial charge in [0.2, 0.25) is 5.91 Å². The molecule has 3 heteroatoms. The molecule has 0 unspecified atom stereocenters. The molecule has 1 N–H and O–H groups in total. The van der Waals surface area contributed by atoms with Gasteiger partial charge in [0.15, 0.2) is 0 Å². The molecule has 1 heterocycles. The van der Waals surface area contributed by atoms with Crippen LogP contribution in [0.2, 0.25) is 0 Å². The number of rotatable bonds is 5. The van der Waals surface area contributed by atoms with Gasteiger partial charge in [-0.15, -0.1) is 0 Å². The minimum absolute atomic E-state index is 0.264. The molecule has 2 rings (SSSR count). The highest BCUT2D eigenvalue weighted by atomic mass is 16.2. The zero-order valence-corrected chi connectivity index (χ0v) is 14.5. The molecular formula is C19H30N2O. The van der Waals surface area contributed by atoms with Gasteiger partial charge in [0, 0.05) is 13.1 Å². The van der Waals surface area contributed by atoms with Crippen LogP contribution in [0.5, 0.6) is 0 Å². The van der Waals surface area contributed by atoms with Crippen molar-refractivity contribution in [3.8, 4) is 0 Å². The number of carbonyl (C=O) groups excluding carboxylic acids is 1. The first-order chi connectivity index (χ1) is 10.5. The number of piperidine rings is 1. The number of carbonyl (C=O) groups is 1.